The number of pyridine rings is 1. The lowest BCUT2D eigenvalue weighted by molar-refractivity contribution is 0.826. The molecule has 0 bridgehead atoms. The monoisotopic (exact) mass is 317 g/mol. The molecule has 1 saturated carbocycles. The first-order chi connectivity index (χ1) is 10.4. The van der Waals surface area contributed by atoms with Crippen LogP contribution < -0.4 is 10.6 Å². The van der Waals surface area contributed by atoms with Crippen molar-refractivity contribution < 1.29 is 0 Å². The molecule has 1 aliphatic heterocycles. The number of anilines is 1. The minimum atomic E-state index is 0.432. The van der Waals surface area contributed by atoms with E-state index in [0.29, 0.717) is 5.37 Å². The number of fused-ring (bicyclic) bond motifs is 1. The zero-order chi connectivity index (χ0) is 14.2. The van der Waals surface area contributed by atoms with Gasteiger partial charge >= 0.3 is 0 Å². The Morgan fingerprint density at radius 2 is 2.33 bits per heavy atom. The maximum absolute atomic E-state index is 4.69. The van der Waals surface area contributed by atoms with Crippen LogP contribution in [-0.4, -0.2) is 16.9 Å². The molecule has 1 unspecified atom stereocenters. The van der Waals surface area contributed by atoms with Gasteiger partial charge in [-0.25, -0.2) is 0 Å². The van der Waals surface area contributed by atoms with E-state index in [9.17, 15) is 0 Å². The highest BCUT2D eigenvalue weighted by atomic mass is 32.2. The molecule has 3 heterocycles. The summed E-state index contributed by atoms with van der Waals surface area (Å²) >= 11 is 3.76. The summed E-state index contributed by atoms with van der Waals surface area (Å²) in [5, 5.41) is 9.48. The predicted molar refractivity (Wildman–Crippen MR) is 93.1 cm³/mol. The fourth-order valence-electron chi connectivity index (χ4n) is 2.88. The maximum atomic E-state index is 4.69. The Balaban J connectivity index is 1.65. The minimum Gasteiger partial charge on any atom is -0.381 e. The number of hydrogen-bond donors (Lipinski definition) is 2. The first-order valence-electron chi connectivity index (χ1n) is 7.57. The Labute approximate surface area is 133 Å². The fourth-order valence-corrected chi connectivity index (χ4v) is 4.84. The topological polar surface area (TPSA) is 37.0 Å². The van der Waals surface area contributed by atoms with Crippen molar-refractivity contribution in [3.63, 3.8) is 0 Å². The number of aromatic nitrogens is 1. The second-order valence-corrected chi connectivity index (χ2v) is 7.80. The normalized spacial score (nSPS) is 20.9. The molecule has 2 aliphatic rings. The van der Waals surface area contributed by atoms with E-state index in [1.54, 1.807) is 0 Å². The third-order valence-corrected chi connectivity index (χ3v) is 6.36. The largest absolute Gasteiger partial charge is 0.381 e. The lowest BCUT2D eigenvalue weighted by atomic mass is 10.1. The Kier molecular flexibility index (Phi) is 3.55. The summed E-state index contributed by atoms with van der Waals surface area (Å²) in [5.74, 6) is 0.771. The van der Waals surface area contributed by atoms with Gasteiger partial charge in [0.1, 0.15) is 0 Å². The molecule has 2 aromatic heterocycles. The van der Waals surface area contributed by atoms with E-state index in [-0.39, 0.29) is 0 Å². The van der Waals surface area contributed by atoms with Crippen LogP contribution in [0.25, 0.3) is 10.2 Å². The Morgan fingerprint density at radius 1 is 1.43 bits per heavy atom. The molecule has 1 aliphatic carbocycles. The van der Waals surface area contributed by atoms with Gasteiger partial charge < -0.3 is 10.6 Å². The van der Waals surface area contributed by atoms with E-state index in [1.807, 2.05) is 35.5 Å². The summed E-state index contributed by atoms with van der Waals surface area (Å²) < 4.78 is 1.34. The first-order valence-corrected chi connectivity index (χ1v) is 9.33. The molecule has 0 aromatic carbocycles. The molecule has 21 heavy (non-hydrogen) atoms. The van der Waals surface area contributed by atoms with Crippen LogP contribution in [0.1, 0.15) is 36.1 Å². The van der Waals surface area contributed by atoms with Crippen LogP contribution in [0, 0.1) is 0 Å². The third-order valence-electron chi connectivity index (χ3n) is 4.06. The molecule has 1 fully saturated rings. The summed E-state index contributed by atoms with van der Waals surface area (Å²) in [6.45, 7) is 3.18. The van der Waals surface area contributed by atoms with Crippen molar-refractivity contribution in [2.24, 2.45) is 0 Å². The van der Waals surface area contributed by atoms with Gasteiger partial charge in [0.15, 0.2) is 0 Å². The first kappa shape index (κ1) is 13.5. The van der Waals surface area contributed by atoms with Crippen molar-refractivity contribution in [3.8, 4) is 0 Å². The van der Waals surface area contributed by atoms with Gasteiger partial charge in [0, 0.05) is 23.8 Å². The zero-order valence-electron chi connectivity index (χ0n) is 12.1. The molecule has 1 atom stereocenters. The van der Waals surface area contributed by atoms with Crippen molar-refractivity contribution >= 4 is 39.0 Å². The molecular weight excluding hydrogens is 298 g/mol. The summed E-state index contributed by atoms with van der Waals surface area (Å²) in [6.07, 6.45) is 7.77. The second-order valence-electron chi connectivity index (χ2n) is 5.58. The van der Waals surface area contributed by atoms with Gasteiger partial charge in [0.25, 0.3) is 0 Å². The van der Waals surface area contributed by atoms with Crippen molar-refractivity contribution in [1.29, 1.82) is 0 Å². The number of aryl methyl sites for hydroxylation is 1. The van der Waals surface area contributed by atoms with Crippen molar-refractivity contribution in [2.75, 3.05) is 11.9 Å². The van der Waals surface area contributed by atoms with Gasteiger partial charge in [-0.1, -0.05) is 6.92 Å². The molecule has 5 heteroatoms. The highest BCUT2D eigenvalue weighted by molar-refractivity contribution is 8.02. The van der Waals surface area contributed by atoms with Gasteiger partial charge in [-0.05, 0) is 42.2 Å². The minimum absolute atomic E-state index is 0.432. The molecule has 2 N–H and O–H groups in total. The van der Waals surface area contributed by atoms with Gasteiger partial charge in [-0.15, -0.1) is 23.1 Å². The van der Waals surface area contributed by atoms with Crippen LogP contribution in [0.15, 0.2) is 23.9 Å². The molecule has 4 rings (SSSR count). The number of thiophene rings is 1. The lowest BCUT2D eigenvalue weighted by Gasteiger charge is -2.13. The number of hydrogen-bond acceptors (Lipinski definition) is 5. The van der Waals surface area contributed by atoms with E-state index in [0.717, 1.165) is 18.9 Å². The number of rotatable bonds is 5. The van der Waals surface area contributed by atoms with Crippen LogP contribution in [0.5, 0.6) is 0 Å². The van der Waals surface area contributed by atoms with Crippen LogP contribution in [0.4, 0.5) is 5.69 Å². The van der Waals surface area contributed by atoms with Crippen LogP contribution in [0.3, 0.4) is 0 Å². The Hall–Kier alpha value is -1.20. The van der Waals surface area contributed by atoms with Crippen molar-refractivity contribution in [1.82, 2.24) is 10.3 Å². The van der Waals surface area contributed by atoms with E-state index < -0.39 is 0 Å². The molecular formula is C16H19N3S2. The summed E-state index contributed by atoms with van der Waals surface area (Å²) in [4.78, 5) is 6.22. The summed E-state index contributed by atoms with van der Waals surface area (Å²) in [7, 11) is 0. The van der Waals surface area contributed by atoms with Gasteiger partial charge in [0.05, 0.1) is 21.3 Å². The molecule has 0 amide bonds. The Morgan fingerprint density at radius 3 is 3.05 bits per heavy atom. The number of nitrogens with one attached hydrogen (secondary N) is 2. The quantitative estimate of drug-likeness (QED) is 0.863. The van der Waals surface area contributed by atoms with E-state index in [4.69, 9.17) is 0 Å². The number of nitrogens with zero attached hydrogens (tertiary/aromatic N) is 1. The summed E-state index contributed by atoms with van der Waals surface area (Å²) in [6, 6.07) is 2.11. The Bertz CT molecular complexity index is 680. The number of thioether (sulfide) groups is 1. The zero-order valence-corrected chi connectivity index (χ0v) is 13.7. The molecule has 3 nitrogen and oxygen atoms in total. The van der Waals surface area contributed by atoms with Gasteiger partial charge in [0.2, 0.25) is 0 Å². The average molecular weight is 317 g/mol. The van der Waals surface area contributed by atoms with Crippen LogP contribution in [-0.2, 0) is 6.42 Å². The predicted octanol–water partition coefficient (Wildman–Crippen LogP) is 4.28. The average Bonchev–Trinajstić information content (AvgIpc) is 3.07. The summed E-state index contributed by atoms with van der Waals surface area (Å²) in [5.41, 5.74) is 4.02. The standard InChI is InChI=1S/C16H19N3S2/c1-2-12-14(10-3-4-10)15-16(21-12)11(5-6-18-15)19-9-13-17-7-8-20-13/h5-8,10,13,17H,2-4,9H2,1H3,(H,18,19). The highest BCUT2D eigenvalue weighted by Crippen LogP contribution is 2.48. The molecule has 0 saturated heterocycles. The van der Waals surface area contributed by atoms with E-state index >= 15 is 0 Å². The fraction of sp³-hybridized carbons (Fsp3) is 0.438. The van der Waals surface area contributed by atoms with Crippen molar-refractivity contribution in [2.45, 2.75) is 37.5 Å². The maximum Gasteiger partial charge on any atom is 0.0933 e. The molecule has 2 aromatic rings. The van der Waals surface area contributed by atoms with Crippen LogP contribution >= 0.6 is 23.1 Å². The van der Waals surface area contributed by atoms with Crippen LogP contribution in [0.2, 0.25) is 0 Å². The molecule has 0 radical (unpaired) electrons. The van der Waals surface area contributed by atoms with E-state index in [1.165, 1.54) is 39.2 Å². The van der Waals surface area contributed by atoms with E-state index in [2.05, 4.69) is 34.0 Å². The third kappa shape index (κ3) is 2.53. The van der Waals surface area contributed by atoms with Gasteiger partial charge in [-0.2, -0.15) is 0 Å². The lowest BCUT2D eigenvalue weighted by Crippen LogP contribution is -2.25. The molecule has 0 spiro atoms. The highest BCUT2D eigenvalue weighted by Gasteiger charge is 2.30. The van der Waals surface area contributed by atoms with Gasteiger partial charge in [-0.3, -0.25) is 4.98 Å². The van der Waals surface area contributed by atoms with Crippen molar-refractivity contribution in [3.05, 3.63) is 34.3 Å². The second kappa shape index (κ2) is 5.54. The smallest absolute Gasteiger partial charge is 0.0933 e. The SMILES string of the molecule is CCc1sc2c(NCC3NC=CS3)ccnc2c1C1CC1. The molecule has 110 valence electrons.